The summed E-state index contributed by atoms with van der Waals surface area (Å²) in [4.78, 5) is 27.6. The molecule has 2 rings (SSSR count). The van der Waals surface area contributed by atoms with Gasteiger partial charge in [-0.1, -0.05) is 17.8 Å². The van der Waals surface area contributed by atoms with E-state index >= 15 is 0 Å². The zero-order chi connectivity index (χ0) is 16.7. The molecule has 1 aromatic carbocycles. The maximum absolute atomic E-state index is 12.1. The number of benzene rings is 1. The average molecular weight is 442 g/mol. The van der Waals surface area contributed by atoms with Gasteiger partial charge in [-0.3, -0.25) is 9.59 Å². The molecule has 1 aromatic heterocycles. The molecule has 2 aromatic rings. The highest BCUT2D eigenvalue weighted by Gasteiger charge is 2.08. The van der Waals surface area contributed by atoms with E-state index in [-0.39, 0.29) is 17.6 Å². The number of pyridine rings is 1. The SMILES string of the molecule is CCOC(=O)CSc1ccc(NC(=O)c2cccc(I)c2)cn1. The molecular weight excluding hydrogens is 427 g/mol. The molecule has 7 heteroatoms. The molecule has 0 radical (unpaired) electrons. The van der Waals surface area contributed by atoms with E-state index in [4.69, 9.17) is 4.74 Å². The minimum Gasteiger partial charge on any atom is -0.465 e. The fourth-order valence-corrected chi connectivity index (χ4v) is 2.89. The van der Waals surface area contributed by atoms with Crippen molar-refractivity contribution in [2.24, 2.45) is 0 Å². The topological polar surface area (TPSA) is 68.3 Å². The monoisotopic (exact) mass is 442 g/mol. The third kappa shape index (κ3) is 5.83. The summed E-state index contributed by atoms with van der Waals surface area (Å²) < 4.78 is 5.85. The molecule has 1 heterocycles. The minimum absolute atomic E-state index is 0.183. The predicted octanol–water partition coefficient (Wildman–Crippen LogP) is 3.59. The quantitative estimate of drug-likeness (QED) is 0.421. The van der Waals surface area contributed by atoms with Gasteiger partial charge in [0.1, 0.15) is 0 Å². The maximum atomic E-state index is 12.1. The summed E-state index contributed by atoms with van der Waals surface area (Å²) in [5, 5.41) is 3.49. The number of amides is 1. The van der Waals surface area contributed by atoms with Crippen LogP contribution in [0.1, 0.15) is 17.3 Å². The highest BCUT2D eigenvalue weighted by atomic mass is 127. The van der Waals surface area contributed by atoms with Crippen molar-refractivity contribution in [2.45, 2.75) is 11.9 Å². The van der Waals surface area contributed by atoms with E-state index in [0.29, 0.717) is 22.9 Å². The Morgan fingerprint density at radius 1 is 1.30 bits per heavy atom. The van der Waals surface area contributed by atoms with Gasteiger partial charge in [0.25, 0.3) is 5.91 Å². The predicted molar refractivity (Wildman–Crippen MR) is 98.7 cm³/mol. The first-order valence-electron chi connectivity index (χ1n) is 6.90. The number of nitrogens with zero attached hydrogens (tertiary/aromatic N) is 1. The number of anilines is 1. The maximum Gasteiger partial charge on any atom is 0.316 e. The number of carbonyl (C=O) groups excluding carboxylic acids is 2. The number of hydrogen-bond donors (Lipinski definition) is 1. The van der Waals surface area contributed by atoms with Crippen molar-refractivity contribution in [3.63, 3.8) is 0 Å². The third-order valence-corrected chi connectivity index (χ3v) is 4.31. The van der Waals surface area contributed by atoms with E-state index < -0.39 is 0 Å². The molecule has 0 saturated heterocycles. The summed E-state index contributed by atoms with van der Waals surface area (Å²) in [5.74, 6) is -0.234. The molecule has 120 valence electrons. The van der Waals surface area contributed by atoms with Crippen LogP contribution in [0.15, 0.2) is 47.6 Å². The number of aromatic nitrogens is 1. The van der Waals surface area contributed by atoms with Gasteiger partial charge in [-0.15, -0.1) is 0 Å². The lowest BCUT2D eigenvalue weighted by atomic mass is 10.2. The summed E-state index contributed by atoms with van der Waals surface area (Å²) in [6.45, 7) is 2.14. The van der Waals surface area contributed by atoms with Crippen LogP contribution >= 0.6 is 34.4 Å². The Balaban J connectivity index is 1.92. The second-order valence-corrected chi connectivity index (χ2v) is 6.68. The van der Waals surface area contributed by atoms with E-state index in [2.05, 4.69) is 32.9 Å². The van der Waals surface area contributed by atoms with Crippen molar-refractivity contribution in [3.05, 3.63) is 51.7 Å². The van der Waals surface area contributed by atoms with E-state index in [0.717, 1.165) is 3.57 Å². The molecule has 0 aliphatic rings. The molecule has 0 aliphatic heterocycles. The molecule has 1 N–H and O–H groups in total. The van der Waals surface area contributed by atoms with Crippen molar-refractivity contribution in [1.29, 1.82) is 0 Å². The van der Waals surface area contributed by atoms with Gasteiger partial charge in [-0.2, -0.15) is 0 Å². The van der Waals surface area contributed by atoms with E-state index in [1.54, 1.807) is 31.3 Å². The van der Waals surface area contributed by atoms with Crippen LogP contribution in [0.3, 0.4) is 0 Å². The fraction of sp³-hybridized carbons (Fsp3) is 0.188. The van der Waals surface area contributed by atoms with Gasteiger partial charge in [0, 0.05) is 9.13 Å². The normalized spacial score (nSPS) is 10.2. The zero-order valence-corrected chi connectivity index (χ0v) is 15.4. The minimum atomic E-state index is -0.268. The molecule has 0 atom stereocenters. The van der Waals surface area contributed by atoms with Crippen molar-refractivity contribution in [1.82, 2.24) is 4.98 Å². The Kier molecular flexibility index (Phi) is 6.85. The van der Waals surface area contributed by atoms with Crippen molar-refractivity contribution in [2.75, 3.05) is 17.7 Å². The molecule has 0 saturated carbocycles. The first-order chi connectivity index (χ1) is 11.1. The van der Waals surface area contributed by atoms with Gasteiger partial charge in [0.2, 0.25) is 0 Å². The first-order valence-corrected chi connectivity index (χ1v) is 8.96. The average Bonchev–Trinajstić information content (AvgIpc) is 2.54. The van der Waals surface area contributed by atoms with Gasteiger partial charge in [-0.05, 0) is 59.8 Å². The molecular formula is C16H15IN2O3S. The van der Waals surface area contributed by atoms with Crippen LogP contribution in [-0.4, -0.2) is 29.2 Å². The number of halogens is 1. The van der Waals surface area contributed by atoms with Gasteiger partial charge in [-0.25, -0.2) is 4.98 Å². The lowest BCUT2D eigenvalue weighted by Crippen LogP contribution is -2.12. The van der Waals surface area contributed by atoms with Crippen LogP contribution < -0.4 is 5.32 Å². The molecule has 0 spiro atoms. The van der Waals surface area contributed by atoms with Crippen LogP contribution in [0, 0.1) is 3.57 Å². The number of esters is 1. The van der Waals surface area contributed by atoms with Gasteiger partial charge in [0.15, 0.2) is 0 Å². The van der Waals surface area contributed by atoms with Gasteiger partial charge in [0.05, 0.1) is 29.3 Å². The van der Waals surface area contributed by atoms with Gasteiger partial charge < -0.3 is 10.1 Å². The molecule has 5 nitrogen and oxygen atoms in total. The van der Waals surface area contributed by atoms with Crippen LogP contribution in [0.4, 0.5) is 5.69 Å². The lowest BCUT2D eigenvalue weighted by Gasteiger charge is -2.06. The molecule has 0 fully saturated rings. The second-order valence-electron chi connectivity index (χ2n) is 4.44. The number of thioether (sulfide) groups is 1. The van der Waals surface area contributed by atoms with Crippen LogP contribution in [-0.2, 0) is 9.53 Å². The number of ether oxygens (including phenoxy) is 1. The largest absolute Gasteiger partial charge is 0.465 e. The Labute approximate surface area is 152 Å². The number of nitrogens with one attached hydrogen (secondary N) is 1. The summed E-state index contributed by atoms with van der Waals surface area (Å²) >= 11 is 3.46. The number of carbonyl (C=O) groups is 2. The van der Waals surface area contributed by atoms with E-state index in [1.165, 1.54) is 11.8 Å². The van der Waals surface area contributed by atoms with Crippen molar-refractivity contribution < 1.29 is 14.3 Å². The highest BCUT2D eigenvalue weighted by Crippen LogP contribution is 2.18. The Hall–Kier alpha value is -1.61. The molecule has 0 bridgehead atoms. The number of hydrogen-bond acceptors (Lipinski definition) is 5. The standard InChI is InChI=1S/C16H15IN2O3S/c1-2-22-15(20)10-23-14-7-6-13(9-18-14)19-16(21)11-4-3-5-12(17)8-11/h3-9H,2,10H2,1H3,(H,19,21). The molecule has 0 unspecified atom stereocenters. The summed E-state index contributed by atoms with van der Waals surface area (Å²) in [6, 6.07) is 10.8. The molecule has 23 heavy (non-hydrogen) atoms. The zero-order valence-electron chi connectivity index (χ0n) is 12.4. The van der Waals surface area contributed by atoms with Crippen LogP contribution in [0.2, 0.25) is 0 Å². The Morgan fingerprint density at radius 2 is 2.13 bits per heavy atom. The van der Waals surface area contributed by atoms with Crippen molar-refractivity contribution in [3.8, 4) is 0 Å². The lowest BCUT2D eigenvalue weighted by molar-refractivity contribution is -0.139. The summed E-state index contributed by atoms with van der Waals surface area (Å²) in [7, 11) is 0. The third-order valence-electron chi connectivity index (χ3n) is 2.72. The highest BCUT2D eigenvalue weighted by molar-refractivity contribution is 14.1. The first kappa shape index (κ1) is 17.7. The van der Waals surface area contributed by atoms with E-state index in [1.807, 2.05) is 18.2 Å². The second kappa shape index (κ2) is 8.88. The molecule has 1 amide bonds. The molecule has 0 aliphatic carbocycles. The summed E-state index contributed by atoms with van der Waals surface area (Å²) in [5.41, 5.74) is 1.20. The smallest absolute Gasteiger partial charge is 0.316 e. The van der Waals surface area contributed by atoms with Gasteiger partial charge >= 0.3 is 5.97 Å². The van der Waals surface area contributed by atoms with E-state index in [9.17, 15) is 9.59 Å². The number of rotatable bonds is 6. The Bertz CT molecular complexity index is 692. The Morgan fingerprint density at radius 3 is 2.78 bits per heavy atom. The van der Waals surface area contributed by atoms with Crippen LogP contribution in [0.5, 0.6) is 0 Å². The summed E-state index contributed by atoms with van der Waals surface area (Å²) in [6.07, 6.45) is 1.57. The fourth-order valence-electron chi connectivity index (χ4n) is 1.71. The van der Waals surface area contributed by atoms with Crippen LogP contribution in [0.25, 0.3) is 0 Å². The van der Waals surface area contributed by atoms with Crippen molar-refractivity contribution >= 4 is 51.9 Å².